The molecule has 1 atom stereocenters. The average molecular weight is 314 g/mol. The van der Waals surface area contributed by atoms with Gasteiger partial charge in [0.05, 0.1) is 18.6 Å². The summed E-state index contributed by atoms with van der Waals surface area (Å²) in [7, 11) is -2.24. The molecule has 0 saturated carbocycles. The third kappa shape index (κ3) is 4.46. The van der Waals surface area contributed by atoms with E-state index in [-0.39, 0.29) is 17.9 Å². The number of ether oxygens (including phenoxy) is 2. The standard InChI is InChI=1S/C15H22O5S/c1-4-6-7-14(15(16)20-5-2)21(17,18)13-10-8-12(19-3)9-11-13/h8-11,14H,4-7H2,1-3H3/t14-/m0/s1. The molecule has 21 heavy (non-hydrogen) atoms. The Morgan fingerprint density at radius 1 is 1.19 bits per heavy atom. The first-order valence-corrected chi connectivity index (χ1v) is 8.56. The Kier molecular flexibility index (Phi) is 6.68. The van der Waals surface area contributed by atoms with Gasteiger partial charge in [0.1, 0.15) is 5.75 Å². The first-order valence-electron chi connectivity index (χ1n) is 7.01. The summed E-state index contributed by atoms with van der Waals surface area (Å²) in [6, 6.07) is 6.03. The normalized spacial score (nSPS) is 12.7. The summed E-state index contributed by atoms with van der Waals surface area (Å²) in [6.07, 6.45) is 1.73. The van der Waals surface area contributed by atoms with Crippen molar-refractivity contribution in [1.82, 2.24) is 0 Å². The zero-order valence-electron chi connectivity index (χ0n) is 12.7. The van der Waals surface area contributed by atoms with Crippen LogP contribution in [0.15, 0.2) is 29.2 Å². The molecule has 0 bridgehead atoms. The van der Waals surface area contributed by atoms with Gasteiger partial charge in [-0.25, -0.2) is 8.42 Å². The molecule has 0 aliphatic carbocycles. The zero-order chi connectivity index (χ0) is 15.9. The Balaban J connectivity index is 3.09. The lowest BCUT2D eigenvalue weighted by molar-refractivity contribution is -0.142. The summed E-state index contributed by atoms with van der Waals surface area (Å²) in [5.74, 6) is -0.114. The van der Waals surface area contributed by atoms with Crippen LogP contribution in [0.4, 0.5) is 0 Å². The topological polar surface area (TPSA) is 69.7 Å². The summed E-state index contributed by atoms with van der Waals surface area (Å²) in [5.41, 5.74) is 0. The second-order valence-corrected chi connectivity index (χ2v) is 6.73. The van der Waals surface area contributed by atoms with Gasteiger partial charge in [-0.1, -0.05) is 19.8 Å². The molecule has 0 aliphatic rings. The summed E-state index contributed by atoms with van der Waals surface area (Å²) < 4.78 is 35.1. The largest absolute Gasteiger partial charge is 0.497 e. The van der Waals surface area contributed by atoms with E-state index < -0.39 is 21.1 Å². The SMILES string of the molecule is CCCC[C@@H](C(=O)OCC)S(=O)(=O)c1ccc(OC)cc1. The lowest BCUT2D eigenvalue weighted by atomic mass is 10.2. The first-order chi connectivity index (χ1) is 9.97. The predicted molar refractivity (Wildman–Crippen MR) is 80.1 cm³/mol. The van der Waals surface area contributed by atoms with Gasteiger partial charge < -0.3 is 9.47 Å². The number of rotatable bonds is 8. The van der Waals surface area contributed by atoms with Gasteiger partial charge in [0, 0.05) is 0 Å². The number of esters is 1. The highest BCUT2D eigenvalue weighted by atomic mass is 32.2. The van der Waals surface area contributed by atoms with E-state index >= 15 is 0 Å². The van der Waals surface area contributed by atoms with E-state index in [9.17, 15) is 13.2 Å². The molecule has 0 aliphatic heterocycles. The van der Waals surface area contributed by atoms with Crippen LogP contribution in [0.25, 0.3) is 0 Å². The minimum Gasteiger partial charge on any atom is -0.497 e. The fraction of sp³-hybridized carbons (Fsp3) is 0.533. The molecule has 6 heteroatoms. The monoisotopic (exact) mass is 314 g/mol. The van der Waals surface area contributed by atoms with Crippen molar-refractivity contribution >= 4 is 15.8 Å². The number of hydrogen-bond acceptors (Lipinski definition) is 5. The van der Waals surface area contributed by atoms with E-state index in [4.69, 9.17) is 9.47 Å². The van der Waals surface area contributed by atoms with Gasteiger partial charge in [0.2, 0.25) is 0 Å². The summed E-state index contributed by atoms with van der Waals surface area (Å²) >= 11 is 0. The van der Waals surface area contributed by atoms with E-state index in [0.29, 0.717) is 12.2 Å². The van der Waals surface area contributed by atoms with Gasteiger partial charge >= 0.3 is 5.97 Å². The lowest BCUT2D eigenvalue weighted by Crippen LogP contribution is -2.32. The molecule has 0 fully saturated rings. The second-order valence-electron chi connectivity index (χ2n) is 4.60. The molecule has 1 aromatic rings. The molecule has 0 saturated heterocycles. The average Bonchev–Trinajstić information content (AvgIpc) is 2.47. The van der Waals surface area contributed by atoms with Crippen LogP contribution < -0.4 is 4.74 Å². The van der Waals surface area contributed by atoms with Crippen molar-refractivity contribution in [1.29, 1.82) is 0 Å². The minimum atomic E-state index is -3.75. The Labute approximate surface area is 126 Å². The van der Waals surface area contributed by atoms with Crippen molar-refractivity contribution in [3.63, 3.8) is 0 Å². The highest BCUT2D eigenvalue weighted by Gasteiger charge is 2.34. The van der Waals surface area contributed by atoms with Crippen LogP contribution >= 0.6 is 0 Å². The molecule has 5 nitrogen and oxygen atoms in total. The number of carbonyl (C=O) groups excluding carboxylic acids is 1. The van der Waals surface area contributed by atoms with E-state index in [1.165, 1.54) is 19.2 Å². The van der Waals surface area contributed by atoms with Crippen LogP contribution in [0.5, 0.6) is 5.75 Å². The third-order valence-corrected chi connectivity index (χ3v) is 5.24. The van der Waals surface area contributed by atoms with Crippen LogP contribution in [-0.4, -0.2) is 33.4 Å². The number of sulfone groups is 1. The minimum absolute atomic E-state index is 0.109. The number of hydrogen-bond donors (Lipinski definition) is 0. The van der Waals surface area contributed by atoms with Crippen LogP contribution in [0.2, 0.25) is 0 Å². The quantitative estimate of drug-likeness (QED) is 0.690. The van der Waals surface area contributed by atoms with Gasteiger partial charge in [0.15, 0.2) is 15.1 Å². The molecule has 1 rings (SSSR count). The summed E-state index contributed by atoms with van der Waals surface area (Å²) in [4.78, 5) is 12.1. The molecule has 0 radical (unpaired) electrons. The number of methoxy groups -OCH3 is 1. The van der Waals surface area contributed by atoms with Gasteiger partial charge in [0.25, 0.3) is 0 Å². The molecule has 0 heterocycles. The maximum atomic E-state index is 12.6. The van der Waals surface area contributed by atoms with Crippen molar-refractivity contribution in [3.8, 4) is 5.75 Å². The molecule has 0 amide bonds. The van der Waals surface area contributed by atoms with E-state index in [1.54, 1.807) is 19.1 Å². The molecule has 0 unspecified atom stereocenters. The maximum absolute atomic E-state index is 12.6. The molecule has 1 aromatic carbocycles. The summed E-state index contributed by atoms with van der Waals surface area (Å²) in [6.45, 7) is 3.77. The molecule has 0 N–H and O–H groups in total. The molecule has 118 valence electrons. The molecule has 0 aromatic heterocycles. The first kappa shape index (κ1) is 17.5. The fourth-order valence-corrected chi connectivity index (χ4v) is 3.60. The highest BCUT2D eigenvalue weighted by Crippen LogP contribution is 2.23. The van der Waals surface area contributed by atoms with Gasteiger partial charge in [-0.05, 0) is 37.6 Å². The molecular weight excluding hydrogens is 292 g/mol. The van der Waals surface area contributed by atoms with Crippen molar-refractivity contribution in [2.45, 2.75) is 43.3 Å². The number of benzene rings is 1. The van der Waals surface area contributed by atoms with Gasteiger partial charge in [-0.2, -0.15) is 0 Å². The zero-order valence-corrected chi connectivity index (χ0v) is 13.5. The van der Waals surface area contributed by atoms with Crippen molar-refractivity contribution in [3.05, 3.63) is 24.3 Å². The Bertz CT molecular complexity index is 548. The van der Waals surface area contributed by atoms with Gasteiger partial charge in [-0.15, -0.1) is 0 Å². The Morgan fingerprint density at radius 2 is 1.81 bits per heavy atom. The Hall–Kier alpha value is -1.56. The number of unbranched alkanes of at least 4 members (excludes halogenated alkanes) is 1. The van der Waals surface area contributed by atoms with Crippen LogP contribution in [0.1, 0.15) is 33.1 Å². The summed E-state index contributed by atoms with van der Waals surface area (Å²) in [5, 5.41) is -1.15. The second kappa shape index (κ2) is 8.02. The molecular formula is C15H22O5S. The smallest absolute Gasteiger partial charge is 0.324 e. The van der Waals surface area contributed by atoms with Crippen LogP contribution in [-0.2, 0) is 19.4 Å². The lowest BCUT2D eigenvalue weighted by Gasteiger charge is -2.16. The van der Waals surface area contributed by atoms with Crippen molar-refractivity contribution in [2.75, 3.05) is 13.7 Å². The Morgan fingerprint density at radius 3 is 2.29 bits per heavy atom. The van der Waals surface area contributed by atoms with E-state index in [1.807, 2.05) is 6.92 Å². The fourth-order valence-electron chi connectivity index (χ4n) is 1.95. The number of carbonyl (C=O) groups is 1. The van der Waals surface area contributed by atoms with Gasteiger partial charge in [-0.3, -0.25) is 4.79 Å². The van der Waals surface area contributed by atoms with Crippen LogP contribution in [0.3, 0.4) is 0 Å². The predicted octanol–water partition coefficient (Wildman–Crippen LogP) is 2.59. The third-order valence-electron chi connectivity index (χ3n) is 3.13. The highest BCUT2D eigenvalue weighted by molar-refractivity contribution is 7.92. The van der Waals surface area contributed by atoms with Crippen molar-refractivity contribution in [2.24, 2.45) is 0 Å². The maximum Gasteiger partial charge on any atom is 0.324 e. The van der Waals surface area contributed by atoms with Crippen molar-refractivity contribution < 1.29 is 22.7 Å². The van der Waals surface area contributed by atoms with Crippen LogP contribution in [0, 0.1) is 0 Å². The van der Waals surface area contributed by atoms with E-state index in [2.05, 4.69) is 0 Å². The van der Waals surface area contributed by atoms with E-state index in [0.717, 1.165) is 6.42 Å². The molecule has 0 spiro atoms.